The van der Waals surface area contributed by atoms with Gasteiger partial charge in [0, 0.05) is 35.5 Å². The van der Waals surface area contributed by atoms with Gasteiger partial charge in [-0.2, -0.15) is 0 Å². The molecule has 2 aliphatic rings. The molecule has 1 unspecified atom stereocenters. The smallest absolute Gasteiger partial charge is 0.131 e. The summed E-state index contributed by atoms with van der Waals surface area (Å²) in [5.74, 6) is 2.87. The molecular formula is C17H16ClNO. The van der Waals surface area contributed by atoms with Gasteiger partial charge < -0.3 is 9.64 Å². The fraction of sp³-hybridized carbons (Fsp3) is 0.294. The first-order chi connectivity index (χ1) is 9.72. The average molecular weight is 286 g/mol. The quantitative estimate of drug-likeness (QED) is 0.717. The highest BCUT2D eigenvalue weighted by Crippen LogP contribution is 2.49. The van der Waals surface area contributed by atoms with Gasteiger partial charge in [0.15, 0.2) is 0 Å². The Bertz CT molecular complexity index is 670. The van der Waals surface area contributed by atoms with Crippen molar-refractivity contribution in [3.8, 4) is 11.5 Å². The van der Waals surface area contributed by atoms with Gasteiger partial charge >= 0.3 is 0 Å². The normalized spacial score (nSPS) is 24.3. The van der Waals surface area contributed by atoms with Gasteiger partial charge in [0.2, 0.25) is 0 Å². The number of likely N-dealkylation sites (tertiary alicyclic amines) is 1. The number of para-hydroxylation sites is 1. The molecule has 0 amide bonds. The van der Waals surface area contributed by atoms with Crippen molar-refractivity contribution in [1.29, 1.82) is 0 Å². The second-order valence-corrected chi connectivity index (χ2v) is 6.19. The highest BCUT2D eigenvalue weighted by Gasteiger charge is 2.38. The molecule has 0 bridgehead atoms. The Balaban J connectivity index is 1.93. The maximum Gasteiger partial charge on any atom is 0.131 e. The molecule has 3 heteroatoms. The van der Waals surface area contributed by atoms with E-state index in [-0.39, 0.29) is 0 Å². The summed E-state index contributed by atoms with van der Waals surface area (Å²) >= 11 is 6.20. The third kappa shape index (κ3) is 1.83. The fourth-order valence-corrected chi connectivity index (χ4v) is 3.71. The molecular weight excluding hydrogens is 270 g/mol. The van der Waals surface area contributed by atoms with E-state index in [0.29, 0.717) is 11.8 Å². The summed E-state index contributed by atoms with van der Waals surface area (Å²) in [4.78, 5) is 2.39. The molecule has 0 radical (unpaired) electrons. The number of hydrogen-bond acceptors (Lipinski definition) is 2. The minimum absolute atomic E-state index is 0.456. The minimum Gasteiger partial charge on any atom is -0.457 e. The van der Waals surface area contributed by atoms with E-state index in [1.807, 2.05) is 18.2 Å². The summed E-state index contributed by atoms with van der Waals surface area (Å²) < 4.78 is 6.15. The number of nitrogens with zero attached hydrogens (tertiary/aromatic N) is 1. The average Bonchev–Trinajstić information content (AvgIpc) is 2.78. The van der Waals surface area contributed by atoms with Crippen LogP contribution in [0.5, 0.6) is 11.5 Å². The third-order valence-corrected chi connectivity index (χ3v) is 4.65. The zero-order valence-corrected chi connectivity index (χ0v) is 12.1. The van der Waals surface area contributed by atoms with Crippen molar-refractivity contribution in [2.45, 2.75) is 11.8 Å². The molecule has 1 saturated heterocycles. The predicted molar refractivity (Wildman–Crippen MR) is 80.9 cm³/mol. The molecule has 2 nitrogen and oxygen atoms in total. The molecule has 2 heterocycles. The summed E-state index contributed by atoms with van der Waals surface area (Å²) in [6.45, 7) is 2.12. The Morgan fingerprint density at radius 2 is 1.70 bits per heavy atom. The number of benzene rings is 2. The molecule has 0 aliphatic carbocycles. The van der Waals surface area contributed by atoms with E-state index in [4.69, 9.17) is 16.3 Å². The van der Waals surface area contributed by atoms with Gasteiger partial charge in [0.05, 0.1) is 0 Å². The van der Waals surface area contributed by atoms with Crippen LogP contribution < -0.4 is 4.74 Å². The largest absolute Gasteiger partial charge is 0.457 e. The number of hydrogen-bond donors (Lipinski definition) is 0. The molecule has 2 aromatic carbocycles. The van der Waals surface area contributed by atoms with Crippen LogP contribution in [0.3, 0.4) is 0 Å². The molecule has 4 rings (SSSR count). The summed E-state index contributed by atoms with van der Waals surface area (Å²) in [7, 11) is 2.18. The Morgan fingerprint density at radius 3 is 2.55 bits per heavy atom. The molecule has 0 saturated carbocycles. The first kappa shape index (κ1) is 12.2. The molecule has 2 atom stereocenters. The van der Waals surface area contributed by atoms with Crippen LogP contribution in [0.25, 0.3) is 0 Å². The van der Waals surface area contributed by atoms with Crippen LogP contribution in [0.1, 0.15) is 23.0 Å². The summed E-state index contributed by atoms with van der Waals surface area (Å²) in [6.07, 6.45) is 0. The van der Waals surface area contributed by atoms with Crippen LogP contribution in [0.15, 0.2) is 42.5 Å². The number of rotatable bonds is 0. The lowest BCUT2D eigenvalue weighted by atomic mass is 9.84. The van der Waals surface area contributed by atoms with E-state index in [2.05, 4.69) is 36.2 Å². The fourth-order valence-electron chi connectivity index (χ4n) is 3.53. The number of likely N-dealkylation sites (N-methyl/N-ethyl adjacent to an activating group) is 1. The maximum absolute atomic E-state index is 6.20. The standard InChI is InChI=1S/C17H16ClNO/c1-19-9-14-12-4-2-3-5-16(12)20-17-7-6-11(18)8-13(17)15(14)10-19/h2-8,14-15H,9-10H2,1H3/t14?,15-/m1/s1. The van der Waals surface area contributed by atoms with Crippen LogP contribution in [-0.4, -0.2) is 25.0 Å². The van der Waals surface area contributed by atoms with Crippen LogP contribution in [0.4, 0.5) is 0 Å². The summed E-state index contributed by atoms with van der Waals surface area (Å²) in [5.41, 5.74) is 2.55. The molecule has 0 aromatic heterocycles. The van der Waals surface area contributed by atoms with Crippen molar-refractivity contribution in [2.75, 3.05) is 20.1 Å². The Kier molecular flexibility index (Phi) is 2.76. The molecule has 1 fully saturated rings. The van der Waals surface area contributed by atoms with Crippen molar-refractivity contribution in [1.82, 2.24) is 4.90 Å². The first-order valence-electron chi connectivity index (χ1n) is 6.97. The van der Waals surface area contributed by atoms with E-state index < -0.39 is 0 Å². The lowest BCUT2D eigenvalue weighted by Gasteiger charge is -2.17. The Morgan fingerprint density at radius 1 is 1.00 bits per heavy atom. The molecule has 2 aliphatic heterocycles. The van der Waals surface area contributed by atoms with Crippen molar-refractivity contribution in [3.05, 3.63) is 58.6 Å². The van der Waals surface area contributed by atoms with Crippen molar-refractivity contribution < 1.29 is 4.74 Å². The number of ether oxygens (including phenoxy) is 1. The molecule has 20 heavy (non-hydrogen) atoms. The predicted octanol–water partition coefficient (Wildman–Crippen LogP) is 4.26. The topological polar surface area (TPSA) is 12.5 Å². The highest BCUT2D eigenvalue weighted by molar-refractivity contribution is 6.30. The van der Waals surface area contributed by atoms with Gasteiger partial charge in [-0.3, -0.25) is 0 Å². The molecule has 102 valence electrons. The van der Waals surface area contributed by atoms with E-state index in [1.165, 1.54) is 11.1 Å². The van der Waals surface area contributed by atoms with E-state index in [0.717, 1.165) is 29.6 Å². The second kappa shape index (κ2) is 4.51. The van der Waals surface area contributed by atoms with Crippen LogP contribution >= 0.6 is 11.6 Å². The minimum atomic E-state index is 0.456. The van der Waals surface area contributed by atoms with Gasteiger partial charge in [-0.25, -0.2) is 0 Å². The molecule has 0 N–H and O–H groups in total. The van der Waals surface area contributed by atoms with E-state index in [1.54, 1.807) is 0 Å². The second-order valence-electron chi connectivity index (χ2n) is 5.76. The van der Waals surface area contributed by atoms with Crippen LogP contribution in [0, 0.1) is 0 Å². The van der Waals surface area contributed by atoms with Gasteiger partial charge in [-0.15, -0.1) is 0 Å². The lowest BCUT2D eigenvalue weighted by Crippen LogP contribution is -2.14. The van der Waals surface area contributed by atoms with E-state index >= 15 is 0 Å². The maximum atomic E-state index is 6.20. The highest BCUT2D eigenvalue weighted by atomic mass is 35.5. The third-order valence-electron chi connectivity index (χ3n) is 4.41. The Labute approximate surface area is 123 Å². The number of fused-ring (bicyclic) bond motifs is 5. The van der Waals surface area contributed by atoms with Crippen LogP contribution in [0.2, 0.25) is 5.02 Å². The SMILES string of the molecule is CN1CC2c3ccccc3Oc3ccc(Cl)cc3[C@H]2C1. The van der Waals surface area contributed by atoms with Crippen molar-refractivity contribution >= 4 is 11.6 Å². The summed E-state index contributed by atoms with van der Waals surface area (Å²) in [5, 5.41) is 0.784. The Hall–Kier alpha value is -1.51. The van der Waals surface area contributed by atoms with Gasteiger partial charge in [0.25, 0.3) is 0 Å². The molecule has 2 aromatic rings. The number of halogens is 1. The van der Waals surface area contributed by atoms with Gasteiger partial charge in [-0.1, -0.05) is 29.8 Å². The lowest BCUT2D eigenvalue weighted by molar-refractivity contribution is 0.401. The van der Waals surface area contributed by atoms with Crippen molar-refractivity contribution in [2.24, 2.45) is 0 Å². The summed E-state index contributed by atoms with van der Waals surface area (Å²) in [6, 6.07) is 14.4. The van der Waals surface area contributed by atoms with Gasteiger partial charge in [-0.05, 0) is 36.9 Å². The van der Waals surface area contributed by atoms with Crippen LogP contribution in [-0.2, 0) is 0 Å². The monoisotopic (exact) mass is 285 g/mol. The van der Waals surface area contributed by atoms with E-state index in [9.17, 15) is 0 Å². The zero-order chi connectivity index (χ0) is 13.7. The molecule has 0 spiro atoms. The zero-order valence-electron chi connectivity index (χ0n) is 11.3. The first-order valence-corrected chi connectivity index (χ1v) is 7.35. The van der Waals surface area contributed by atoms with Gasteiger partial charge in [0.1, 0.15) is 11.5 Å². The van der Waals surface area contributed by atoms with Crippen molar-refractivity contribution in [3.63, 3.8) is 0 Å².